The summed E-state index contributed by atoms with van der Waals surface area (Å²) in [7, 11) is 0. The lowest BCUT2D eigenvalue weighted by molar-refractivity contribution is 0.420. The molecule has 2 heteroatoms. The van der Waals surface area contributed by atoms with Gasteiger partial charge in [0.05, 0.1) is 4.53 Å². The second-order valence-corrected chi connectivity index (χ2v) is 3.91. The Kier molecular flexibility index (Phi) is 1.43. The fourth-order valence-corrected chi connectivity index (χ4v) is 2.31. The van der Waals surface area contributed by atoms with Gasteiger partial charge in [-0.25, -0.2) is 0 Å². The molecule has 1 radical (unpaired) electrons. The molecule has 0 atom stereocenters. The van der Waals surface area contributed by atoms with E-state index in [2.05, 4.69) is 12.1 Å². The van der Waals surface area contributed by atoms with E-state index in [1.807, 2.05) is 23.8 Å². The van der Waals surface area contributed by atoms with Crippen LogP contribution in [0, 0.1) is 6.07 Å². The van der Waals surface area contributed by atoms with Gasteiger partial charge in [0.1, 0.15) is 12.0 Å². The maximum absolute atomic E-state index is 5.50. The van der Waals surface area contributed by atoms with Crippen LogP contribution in [-0.2, 0) is 4.74 Å². The molecule has 3 rings (SSSR count). The summed E-state index contributed by atoms with van der Waals surface area (Å²) in [5, 5.41) is 3.20. The molecule has 0 saturated carbocycles. The van der Waals surface area contributed by atoms with Crippen molar-refractivity contribution in [3.05, 3.63) is 45.2 Å². The van der Waals surface area contributed by atoms with Crippen LogP contribution in [0.3, 0.4) is 0 Å². The van der Waals surface area contributed by atoms with Crippen LogP contribution in [0.5, 0.6) is 0 Å². The maximum Gasteiger partial charge on any atom is 0.130 e. The highest BCUT2D eigenvalue weighted by molar-refractivity contribution is 7.07. The molecule has 0 amide bonds. The van der Waals surface area contributed by atoms with Gasteiger partial charge < -0.3 is 4.74 Å². The van der Waals surface area contributed by atoms with Gasteiger partial charge in [-0.1, -0.05) is 12.2 Å². The van der Waals surface area contributed by atoms with Crippen molar-refractivity contribution in [3.63, 3.8) is 0 Å². The molecule has 2 heterocycles. The quantitative estimate of drug-likeness (QED) is 0.595. The number of allylic oxidation sites excluding steroid dienone is 4. The molecule has 0 bridgehead atoms. The van der Waals surface area contributed by atoms with Gasteiger partial charge in [0.25, 0.3) is 0 Å². The summed E-state index contributed by atoms with van der Waals surface area (Å²) < 4.78 is 6.69. The summed E-state index contributed by atoms with van der Waals surface area (Å²) in [5.41, 5.74) is 1.27. The predicted molar refractivity (Wildman–Crippen MR) is 53.2 cm³/mol. The van der Waals surface area contributed by atoms with Crippen molar-refractivity contribution in [1.82, 2.24) is 0 Å². The van der Waals surface area contributed by atoms with Crippen molar-refractivity contribution in [1.29, 1.82) is 0 Å². The zero-order valence-corrected chi connectivity index (χ0v) is 7.73. The molecule has 63 valence electrons. The molecule has 0 aromatic carbocycles. The minimum absolute atomic E-state index is 0.958. The zero-order valence-electron chi connectivity index (χ0n) is 6.91. The number of ether oxygens (including phenoxy) is 1. The van der Waals surface area contributed by atoms with Crippen LogP contribution >= 0.6 is 11.3 Å². The van der Waals surface area contributed by atoms with Crippen molar-refractivity contribution in [2.24, 2.45) is 0 Å². The summed E-state index contributed by atoms with van der Waals surface area (Å²) >= 11 is 1.67. The Bertz CT molecular complexity index is 517. The maximum atomic E-state index is 5.50. The first-order valence-electron chi connectivity index (χ1n) is 4.17. The average Bonchev–Trinajstić information content (AvgIpc) is 2.65. The lowest BCUT2D eigenvalue weighted by Crippen LogP contribution is -2.26. The molecule has 0 spiro atoms. The van der Waals surface area contributed by atoms with Crippen LogP contribution in [-0.4, -0.2) is 0 Å². The SMILES string of the molecule is [c]1csc2c1=C1CC=CC=C1OC=2. The highest BCUT2D eigenvalue weighted by Gasteiger charge is 2.13. The fraction of sp³-hybridized carbons (Fsp3) is 0.0909. The highest BCUT2D eigenvalue weighted by atomic mass is 32.1. The van der Waals surface area contributed by atoms with Crippen LogP contribution in [0.15, 0.2) is 29.4 Å². The molecular weight excluding hydrogens is 180 g/mol. The van der Waals surface area contributed by atoms with Crippen LogP contribution in [0.25, 0.3) is 11.8 Å². The van der Waals surface area contributed by atoms with Crippen molar-refractivity contribution < 1.29 is 4.74 Å². The van der Waals surface area contributed by atoms with Gasteiger partial charge in [-0.3, -0.25) is 0 Å². The Labute approximate surface area is 80.0 Å². The molecular formula is C11H7OS. The van der Waals surface area contributed by atoms with Gasteiger partial charge in [0.15, 0.2) is 0 Å². The molecule has 1 aromatic rings. The van der Waals surface area contributed by atoms with Gasteiger partial charge in [0.2, 0.25) is 0 Å². The summed E-state index contributed by atoms with van der Waals surface area (Å²) in [6.07, 6.45) is 8.95. The van der Waals surface area contributed by atoms with E-state index in [1.165, 1.54) is 15.3 Å². The van der Waals surface area contributed by atoms with E-state index in [9.17, 15) is 0 Å². The number of hydrogen-bond acceptors (Lipinski definition) is 2. The fourth-order valence-electron chi connectivity index (χ4n) is 1.60. The Morgan fingerprint density at radius 1 is 1.46 bits per heavy atom. The predicted octanol–water partition coefficient (Wildman–Crippen LogP) is 1.31. The molecule has 1 aromatic heterocycles. The summed E-state index contributed by atoms with van der Waals surface area (Å²) in [4.78, 5) is 0. The first-order chi connectivity index (χ1) is 6.45. The van der Waals surface area contributed by atoms with Gasteiger partial charge in [-0.15, -0.1) is 11.3 Å². The Morgan fingerprint density at radius 2 is 2.46 bits per heavy atom. The third-order valence-electron chi connectivity index (χ3n) is 2.23. The molecule has 1 aliphatic heterocycles. The molecule has 2 aliphatic rings. The van der Waals surface area contributed by atoms with Crippen molar-refractivity contribution in [2.45, 2.75) is 6.42 Å². The Morgan fingerprint density at radius 3 is 3.46 bits per heavy atom. The smallest absolute Gasteiger partial charge is 0.130 e. The van der Waals surface area contributed by atoms with E-state index in [-0.39, 0.29) is 0 Å². The Hall–Kier alpha value is -1.28. The topological polar surface area (TPSA) is 9.23 Å². The monoisotopic (exact) mass is 187 g/mol. The van der Waals surface area contributed by atoms with Crippen LogP contribution in [0.2, 0.25) is 0 Å². The van der Waals surface area contributed by atoms with Crippen molar-refractivity contribution in [2.75, 3.05) is 0 Å². The first kappa shape index (κ1) is 7.15. The summed E-state index contributed by atoms with van der Waals surface area (Å²) in [6.45, 7) is 0. The second-order valence-electron chi connectivity index (χ2n) is 3.00. The molecule has 0 unspecified atom stereocenters. The third-order valence-corrected chi connectivity index (χ3v) is 3.02. The van der Waals surface area contributed by atoms with Crippen molar-refractivity contribution >= 4 is 23.2 Å². The number of hydrogen-bond donors (Lipinski definition) is 0. The summed E-state index contributed by atoms with van der Waals surface area (Å²) in [6, 6.07) is 3.25. The highest BCUT2D eigenvalue weighted by Crippen LogP contribution is 2.22. The van der Waals surface area contributed by atoms with E-state index in [1.54, 1.807) is 11.3 Å². The standard InChI is InChI=1S/C11H7OS/c1-2-4-10-8(3-1)9-5-6-13-11(9)7-12-10/h1-2,4,6-7H,3H2. The van der Waals surface area contributed by atoms with E-state index in [4.69, 9.17) is 4.74 Å². The van der Waals surface area contributed by atoms with E-state index in [0.717, 1.165) is 12.2 Å². The third kappa shape index (κ3) is 0.988. The van der Waals surface area contributed by atoms with Crippen LogP contribution in [0.1, 0.15) is 6.42 Å². The van der Waals surface area contributed by atoms with Crippen LogP contribution in [0.4, 0.5) is 0 Å². The largest absolute Gasteiger partial charge is 0.463 e. The summed E-state index contributed by atoms with van der Waals surface area (Å²) in [5.74, 6) is 0.977. The molecule has 1 aliphatic carbocycles. The zero-order chi connectivity index (χ0) is 8.67. The molecule has 0 saturated heterocycles. The normalized spacial score (nSPS) is 18.2. The average molecular weight is 187 g/mol. The number of thiophene rings is 1. The molecule has 0 fully saturated rings. The van der Waals surface area contributed by atoms with Gasteiger partial charge in [0, 0.05) is 16.9 Å². The van der Waals surface area contributed by atoms with Crippen LogP contribution < -0.4 is 9.75 Å². The lowest BCUT2D eigenvalue weighted by atomic mass is 10.0. The molecule has 0 N–H and O–H groups in total. The van der Waals surface area contributed by atoms with E-state index in [0.29, 0.717) is 0 Å². The first-order valence-corrected chi connectivity index (χ1v) is 5.05. The van der Waals surface area contributed by atoms with E-state index >= 15 is 0 Å². The van der Waals surface area contributed by atoms with Crippen molar-refractivity contribution in [3.8, 4) is 0 Å². The molecule has 1 nitrogen and oxygen atoms in total. The van der Waals surface area contributed by atoms with Gasteiger partial charge >= 0.3 is 0 Å². The van der Waals surface area contributed by atoms with Gasteiger partial charge in [-0.2, -0.15) is 0 Å². The molecule has 13 heavy (non-hydrogen) atoms. The second kappa shape index (κ2) is 2.60. The minimum atomic E-state index is 0.958. The lowest BCUT2D eigenvalue weighted by Gasteiger charge is -2.14. The number of fused-ring (bicyclic) bond motifs is 2. The van der Waals surface area contributed by atoms with Gasteiger partial charge in [-0.05, 0) is 17.9 Å². The number of rotatable bonds is 0. The van der Waals surface area contributed by atoms with E-state index < -0.39 is 0 Å². The Balaban J connectivity index is 2.42. The minimum Gasteiger partial charge on any atom is -0.463 e.